The molecule has 3 N–H and O–H groups in total. The zero-order valence-electron chi connectivity index (χ0n) is 12.6. The van der Waals surface area contributed by atoms with Crippen LogP contribution in [0.25, 0.3) is 0 Å². The topological polar surface area (TPSA) is 72.5 Å². The first-order valence-electron chi connectivity index (χ1n) is 7.48. The molecule has 1 aliphatic heterocycles. The van der Waals surface area contributed by atoms with Crippen LogP contribution in [0.15, 0.2) is 35.5 Å². The van der Waals surface area contributed by atoms with Gasteiger partial charge in [-0.1, -0.05) is 25.1 Å². The smallest absolute Gasteiger partial charge is 0.189 e. The molecule has 1 aromatic carbocycles. The Kier molecular flexibility index (Phi) is 4.58. The SMILES string of the molecule is CCc1cnc(CN=C(N)NC2CCOc3ccccc32)s1. The van der Waals surface area contributed by atoms with E-state index in [0.29, 0.717) is 19.1 Å². The summed E-state index contributed by atoms with van der Waals surface area (Å²) in [6, 6.07) is 8.19. The third-order valence-corrected chi connectivity index (χ3v) is 4.74. The number of aryl methyl sites for hydroxylation is 1. The van der Waals surface area contributed by atoms with Gasteiger partial charge in [-0.25, -0.2) is 9.98 Å². The predicted molar refractivity (Wildman–Crippen MR) is 89.2 cm³/mol. The minimum Gasteiger partial charge on any atom is -0.493 e. The van der Waals surface area contributed by atoms with Crippen molar-refractivity contribution in [3.8, 4) is 5.75 Å². The molecule has 2 aromatic rings. The van der Waals surface area contributed by atoms with E-state index >= 15 is 0 Å². The summed E-state index contributed by atoms with van der Waals surface area (Å²) in [4.78, 5) is 10.0. The molecule has 2 heterocycles. The number of thiazole rings is 1. The standard InChI is InChI=1S/C16H20N4OS/c1-2-11-9-18-15(22-11)10-19-16(17)20-13-7-8-21-14-6-4-3-5-12(13)14/h3-6,9,13H,2,7-8,10H2,1H3,(H3,17,19,20). The molecule has 0 saturated heterocycles. The molecule has 22 heavy (non-hydrogen) atoms. The molecule has 1 atom stereocenters. The van der Waals surface area contributed by atoms with Crippen molar-refractivity contribution < 1.29 is 4.74 Å². The molecule has 0 fully saturated rings. The zero-order chi connectivity index (χ0) is 15.4. The van der Waals surface area contributed by atoms with Gasteiger partial charge in [-0.2, -0.15) is 0 Å². The van der Waals surface area contributed by atoms with Crippen LogP contribution in [-0.2, 0) is 13.0 Å². The summed E-state index contributed by atoms with van der Waals surface area (Å²) in [6.45, 7) is 3.34. The molecule has 0 radical (unpaired) electrons. The minimum absolute atomic E-state index is 0.149. The second-order valence-corrected chi connectivity index (χ2v) is 6.35. The van der Waals surface area contributed by atoms with Crippen molar-refractivity contribution in [2.45, 2.75) is 32.4 Å². The van der Waals surface area contributed by atoms with E-state index in [0.717, 1.165) is 29.2 Å². The molecular weight excluding hydrogens is 296 g/mol. The second-order valence-electron chi connectivity index (χ2n) is 5.15. The van der Waals surface area contributed by atoms with E-state index in [4.69, 9.17) is 10.5 Å². The molecule has 0 spiro atoms. The fraction of sp³-hybridized carbons (Fsp3) is 0.375. The zero-order valence-corrected chi connectivity index (χ0v) is 13.4. The quantitative estimate of drug-likeness (QED) is 0.672. The third-order valence-electron chi connectivity index (χ3n) is 3.62. The number of benzene rings is 1. The van der Waals surface area contributed by atoms with Gasteiger partial charge in [0.15, 0.2) is 5.96 Å². The lowest BCUT2D eigenvalue weighted by Gasteiger charge is -2.26. The lowest BCUT2D eigenvalue weighted by Crippen LogP contribution is -2.37. The normalized spacial score (nSPS) is 17.7. The van der Waals surface area contributed by atoms with Crippen molar-refractivity contribution >= 4 is 17.3 Å². The molecule has 0 bridgehead atoms. The molecular formula is C16H20N4OS. The predicted octanol–water partition coefficient (Wildman–Crippen LogP) is 2.63. The van der Waals surface area contributed by atoms with Crippen molar-refractivity contribution in [1.29, 1.82) is 0 Å². The van der Waals surface area contributed by atoms with E-state index in [2.05, 4.69) is 28.3 Å². The third kappa shape index (κ3) is 3.39. The van der Waals surface area contributed by atoms with Crippen molar-refractivity contribution in [1.82, 2.24) is 10.3 Å². The number of nitrogens with two attached hydrogens (primary N) is 1. The van der Waals surface area contributed by atoms with Crippen LogP contribution in [0.5, 0.6) is 5.75 Å². The number of aliphatic imine (C=N–C) groups is 1. The Balaban J connectivity index is 1.64. The Bertz CT molecular complexity index is 668. The first-order valence-corrected chi connectivity index (χ1v) is 8.29. The van der Waals surface area contributed by atoms with Crippen LogP contribution in [-0.4, -0.2) is 17.6 Å². The van der Waals surface area contributed by atoms with Crippen molar-refractivity contribution in [2.75, 3.05) is 6.61 Å². The van der Waals surface area contributed by atoms with Crippen LogP contribution in [0.2, 0.25) is 0 Å². The number of hydrogen-bond donors (Lipinski definition) is 2. The van der Waals surface area contributed by atoms with Gasteiger partial charge in [0.2, 0.25) is 0 Å². The van der Waals surface area contributed by atoms with Crippen molar-refractivity contribution in [3.63, 3.8) is 0 Å². The fourth-order valence-electron chi connectivity index (χ4n) is 2.45. The summed E-state index contributed by atoms with van der Waals surface area (Å²) < 4.78 is 5.65. The van der Waals surface area contributed by atoms with Gasteiger partial charge in [0.1, 0.15) is 10.8 Å². The van der Waals surface area contributed by atoms with E-state index in [1.165, 1.54) is 4.88 Å². The fourth-order valence-corrected chi connectivity index (χ4v) is 3.24. The number of nitrogens with zero attached hydrogens (tertiary/aromatic N) is 2. The molecule has 1 unspecified atom stereocenters. The van der Waals surface area contributed by atoms with Gasteiger partial charge in [-0.15, -0.1) is 11.3 Å². The van der Waals surface area contributed by atoms with Gasteiger partial charge in [0, 0.05) is 23.1 Å². The molecule has 0 aliphatic carbocycles. The summed E-state index contributed by atoms with van der Waals surface area (Å²) in [7, 11) is 0. The second kappa shape index (κ2) is 6.79. The summed E-state index contributed by atoms with van der Waals surface area (Å²) in [5, 5.41) is 4.29. The van der Waals surface area contributed by atoms with E-state index in [-0.39, 0.29) is 6.04 Å². The number of para-hydroxylation sites is 1. The van der Waals surface area contributed by atoms with Gasteiger partial charge >= 0.3 is 0 Å². The van der Waals surface area contributed by atoms with Crippen molar-refractivity contribution in [3.05, 3.63) is 45.9 Å². The number of nitrogens with one attached hydrogen (secondary N) is 1. The average Bonchev–Trinajstić information content (AvgIpc) is 3.01. The maximum absolute atomic E-state index is 6.02. The van der Waals surface area contributed by atoms with E-state index < -0.39 is 0 Å². The molecule has 116 valence electrons. The monoisotopic (exact) mass is 316 g/mol. The highest BCUT2D eigenvalue weighted by Gasteiger charge is 2.21. The molecule has 6 heteroatoms. The number of guanidine groups is 1. The average molecular weight is 316 g/mol. The summed E-state index contributed by atoms with van der Waals surface area (Å²) >= 11 is 1.69. The molecule has 5 nitrogen and oxygen atoms in total. The van der Waals surface area contributed by atoms with Crippen LogP contribution in [0.4, 0.5) is 0 Å². The van der Waals surface area contributed by atoms with Crippen LogP contribution < -0.4 is 15.8 Å². The Hall–Kier alpha value is -2.08. The van der Waals surface area contributed by atoms with Gasteiger partial charge in [-0.05, 0) is 12.5 Å². The Labute approximate surface area is 134 Å². The lowest BCUT2D eigenvalue weighted by atomic mass is 10.0. The number of rotatable bonds is 4. The number of fused-ring (bicyclic) bond motifs is 1. The number of aromatic nitrogens is 1. The number of ether oxygens (including phenoxy) is 1. The van der Waals surface area contributed by atoms with Crippen LogP contribution in [0.1, 0.15) is 34.8 Å². The first kappa shape index (κ1) is 14.8. The van der Waals surface area contributed by atoms with Crippen LogP contribution in [0, 0.1) is 0 Å². The summed E-state index contributed by atoms with van der Waals surface area (Å²) in [5.41, 5.74) is 7.16. The van der Waals surface area contributed by atoms with Crippen molar-refractivity contribution in [2.24, 2.45) is 10.7 Å². The largest absolute Gasteiger partial charge is 0.493 e. The first-order chi connectivity index (χ1) is 10.8. The Morgan fingerprint density at radius 2 is 2.36 bits per heavy atom. The molecule has 3 rings (SSSR count). The highest BCUT2D eigenvalue weighted by atomic mass is 32.1. The van der Waals surface area contributed by atoms with Gasteiger partial charge < -0.3 is 15.8 Å². The van der Waals surface area contributed by atoms with Gasteiger partial charge in [-0.3, -0.25) is 0 Å². The highest BCUT2D eigenvalue weighted by molar-refractivity contribution is 7.11. The lowest BCUT2D eigenvalue weighted by molar-refractivity contribution is 0.262. The Morgan fingerprint density at radius 1 is 1.50 bits per heavy atom. The van der Waals surface area contributed by atoms with Gasteiger partial charge in [0.25, 0.3) is 0 Å². The van der Waals surface area contributed by atoms with Gasteiger partial charge in [0.05, 0.1) is 19.2 Å². The maximum atomic E-state index is 6.02. The maximum Gasteiger partial charge on any atom is 0.189 e. The highest BCUT2D eigenvalue weighted by Crippen LogP contribution is 2.31. The van der Waals surface area contributed by atoms with E-state index in [9.17, 15) is 0 Å². The summed E-state index contributed by atoms with van der Waals surface area (Å²) in [6.07, 6.45) is 3.80. The van der Waals surface area contributed by atoms with E-state index in [1.54, 1.807) is 11.3 Å². The number of hydrogen-bond acceptors (Lipinski definition) is 4. The van der Waals surface area contributed by atoms with Crippen LogP contribution >= 0.6 is 11.3 Å². The molecule has 1 aromatic heterocycles. The Morgan fingerprint density at radius 3 is 3.18 bits per heavy atom. The molecule has 1 aliphatic rings. The van der Waals surface area contributed by atoms with E-state index in [1.807, 2.05) is 24.4 Å². The molecule has 0 saturated carbocycles. The minimum atomic E-state index is 0.149. The van der Waals surface area contributed by atoms with Crippen LogP contribution in [0.3, 0.4) is 0 Å². The summed E-state index contributed by atoms with van der Waals surface area (Å²) in [5.74, 6) is 1.38. The molecule has 0 amide bonds.